The summed E-state index contributed by atoms with van der Waals surface area (Å²) >= 11 is 0. The molecule has 1 aromatic carbocycles. The third-order valence-electron chi connectivity index (χ3n) is 3.13. The van der Waals surface area contributed by atoms with Gasteiger partial charge in [0.05, 0.1) is 12.9 Å². The second kappa shape index (κ2) is 6.28. The highest BCUT2D eigenvalue weighted by atomic mass is 16.3. The molecule has 3 rings (SSSR count). The smallest absolute Gasteiger partial charge is 0.273 e. The molecular formula is C16H14N2O4. The monoisotopic (exact) mass is 298 g/mol. The van der Waals surface area contributed by atoms with Crippen LogP contribution in [0.25, 0.3) is 11.5 Å². The molecule has 1 unspecified atom stereocenters. The minimum atomic E-state index is -0.626. The fourth-order valence-corrected chi connectivity index (χ4v) is 2.02. The van der Waals surface area contributed by atoms with Crippen molar-refractivity contribution in [3.8, 4) is 11.5 Å². The molecule has 0 spiro atoms. The molecule has 2 N–H and O–H groups in total. The molecule has 0 fully saturated rings. The number of amides is 1. The van der Waals surface area contributed by atoms with Crippen LogP contribution in [0.5, 0.6) is 0 Å². The summed E-state index contributed by atoms with van der Waals surface area (Å²) in [5.74, 6) is 0.397. The summed E-state index contributed by atoms with van der Waals surface area (Å²) in [7, 11) is 0. The number of benzene rings is 1. The molecule has 6 nitrogen and oxygen atoms in total. The minimum Gasteiger partial charge on any atom is -0.467 e. The van der Waals surface area contributed by atoms with Gasteiger partial charge in [0, 0.05) is 5.56 Å². The number of rotatable bonds is 5. The number of carbonyl (C=O) groups excluding carboxylic acids is 1. The Labute approximate surface area is 126 Å². The molecule has 0 radical (unpaired) electrons. The molecule has 3 aromatic rings. The number of nitrogens with one attached hydrogen (secondary N) is 1. The van der Waals surface area contributed by atoms with Crippen molar-refractivity contribution in [3.05, 3.63) is 66.4 Å². The van der Waals surface area contributed by atoms with E-state index in [4.69, 9.17) is 8.83 Å². The summed E-state index contributed by atoms with van der Waals surface area (Å²) in [6, 6.07) is 12.0. The van der Waals surface area contributed by atoms with Gasteiger partial charge in [-0.1, -0.05) is 18.2 Å². The zero-order valence-electron chi connectivity index (χ0n) is 11.6. The fourth-order valence-electron chi connectivity index (χ4n) is 2.02. The lowest BCUT2D eigenvalue weighted by atomic mass is 10.2. The normalized spacial score (nSPS) is 12.0. The van der Waals surface area contributed by atoms with Crippen molar-refractivity contribution in [1.82, 2.24) is 10.3 Å². The first kappa shape index (κ1) is 14.1. The zero-order chi connectivity index (χ0) is 15.4. The second-order valence-corrected chi connectivity index (χ2v) is 4.63. The van der Waals surface area contributed by atoms with Crippen LogP contribution in [-0.4, -0.2) is 22.6 Å². The Kier molecular flexibility index (Phi) is 4.02. The summed E-state index contributed by atoms with van der Waals surface area (Å²) < 4.78 is 10.5. The second-order valence-electron chi connectivity index (χ2n) is 4.63. The van der Waals surface area contributed by atoms with Crippen LogP contribution < -0.4 is 5.32 Å². The Hall–Kier alpha value is -2.86. The quantitative estimate of drug-likeness (QED) is 0.755. The zero-order valence-corrected chi connectivity index (χ0v) is 11.6. The molecule has 2 aromatic heterocycles. The van der Waals surface area contributed by atoms with Gasteiger partial charge in [-0.3, -0.25) is 4.79 Å². The van der Waals surface area contributed by atoms with E-state index in [9.17, 15) is 9.90 Å². The van der Waals surface area contributed by atoms with Crippen LogP contribution in [0.4, 0.5) is 0 Å². The lowest BCUT2D eigenvalue weighted by molar-refractivity contribution is 0.0902. The molecule has 1 atom stereocenters. The van der Waals surface area contributed by atoms with E-state index in [-0.39, 0.29) is 12.3 Å². The molecule has 0 aliphatic heterocycles. The maximum Gasteiger partial charge on any atom is 0.273 e. The number of hydrogen-bond acceptors (Lipinski definition) is 5. The van der Waals surface area contributed by atoms with Gasteiger partial charge in [-0.25, -0.2) is 4.98 Å². The van der Waals surface area contributed by atoms with Crippen LogP contribution in [0.3, 0.4) is 0 Å². The number of aliphatic hydroxyl groups is 1. The number of hydrogen-bond donors (Lipinski definition) is 2. The third kappa shape index (κ3) is 2.91. The van der Waals surface area contributed by atoms with E-state index < -0.39 is 11.9 Å². The van der Waals surface area contributed by atoms with E-state index >= 15 is 0 Å². The Balaban J connectivity index is 1.74. The van der Waals surface area contributed by atoms with Crippen LogP contribution in [0.2, 0.25) is 0 Å². The lowest BCUT2D eigenvalue weighted by Gasteiger charge is -2.12. The first-order valence-corrected chi connectivity index (χ1v) is 6.74. The first-order valence-electron chi connectivity index (χ1n) is 6.74. The van der Waals surface area contributed by atoms with Gasteiger partial charge in [-0.2, -0.15) is 0 Å². The third-order valence-corrected chi connectivity index (χ3v) is 3.13. The number of oxazole rings is 1. The highest BCUT2D eigenvalue weighted by molar-refractivity contribution is 5.92. The van der Waals surface area contributed by atoms with Crippen molar-refractivity contribution in [2.24, 2.45) is 0 Å². The number of aliphatic hydroxyl groups excluding tert-OH is 1. The van der Waals surface area contributed by atoms with Crippen LogP contribution in [0, 0.1) is 0 Å². The predicted molar refractivity (Wildman–Crippen MR) is 77.9 cm³/mol. The van der Waals surface area contributed by atoms with Crippen LogP contribution in [0.1, 0.15) is 22.3 Å². The highest BCUT2D eigenvalue weighted by Gasteiger charge is 2.20. The Morgan fingerprint density at radius 1 is 1.18 bits per heavy atom. The fraction of sp³-hybridized carbons (Fsp3) is 0.125. The molecule has 6 heteroatoms. The Bertz CT molecular complexity index is 735. The van der Waals surface area contributed by atoms with Gasteiger partial charge in [0.25, 0.3) is 5.91 Å². The standard InChI is InChI=1S/C16H14N2O4/c19-9-12(14-7-4-8-21-14)17-15(20)13-10-22-16(18-13)11-5-2-1-3-6-11/h1-8,10,12,19H,9H2,(H,17,20). The van der Waals surface area contributed by atoms with Crippen molar-refractivity contribution >= 4 is 5.91 Å². The summed E-state index contributed by atoms with van der Waals surface area (Å²) in [5.41, 5.74) is 0.926. The van der Waals surface area contributed by atoms with Gasteiger partial charge < -0.3 is 19.3 Å². The Morgan fingerprint density at radius 2 is 2.00 bits per heavy atom. The van der Waals surface area contributed by atoms with Gasteiger partial charge in [-0.05, 0) is 24.3 Å². The SMILES string of the molecule is O=C(NC(CO)c1ccco1)c1coc(-c2ccccc2)n1. The summed E-state index contributed by atoms with van der Waals surface area (Å²) in [6.07, 6.45) is 2.77. The van der Waals surface area contributed by atoms with Crippen LogP contribution in [-0.2, 0) is 0 Å². The van der Waals surface area contributed by atoms with Gasteiger partial charge in [0.1, 0.15) is 18.1 Å². The average Bonchev–Trinajstić information content (AvgIpc) is 3.24. The molecule has 2 heterocycles. The van der Waals surface area contributed by atoms with Crippen molar-refractivity contribution in [3.63, 3.8) is 0 Å². The molecule has 0 aliphatic rings. The number of aromatic nitrogens is 1. The van der Waals surface area contributed by atoms with Crippen molar-refractivity contribution in [1.29, 1.82) is 0 Å². The topological polar surface area (TPSA) is 88.5 Å². The minimum absolute atomic E-state index is 0.142. The lowest BCUT2D eigenvalue weighted by Crippen LogP contribution is -2.30. The van der Waals surface area contributed by atoms with Crippen LogP contribution >= 0.6 is 0 Å². The molecule has 0 aliphatic carbocycles. The molecule has 0 bridgehead atoms. The first-order chi connectivity index (χ1) is 10.8. The largest absolute Gasteiger partial charge is 0.467 e. The Morgan fingerprint density at radius 3 is 2.68 bits per heavy atom. The van der Waals surface area contributed by atoms with E-state index in [1.807, 2.05) is 30.3 Å². The summed E-state index contributed by atoms with van der Waals surface area (Å²) in [4.78, 5) is 16.3. The molecule has 112 valence electrons. The molecule has 0 saturated heterocycles. The molecule has 22 heavy (non-hydrogen) atoms. The van der Waals surface area contributed by atoms with Crippen LogP contribution in [0.15, 0.2) is 63.8 Å². The van der Waals surface area contributed by atoms with Gasteiger partial charge in [0.2, 0.25) is 5.89 Å². The predicted octanol–water partition coefficient (Wildman–Crippen LogP) is 2.40. The number of carbonyl (C=O) groups is 1. The average molecular weight is 298 g/mol. The maximum absolute atomic E-state index is 12.2. The van der Waals surface area contributed by atoms with E-state index in [0.29, 0.717) is 11.7 Å². The maximum atomic E-state index is 12.2. The van der Waals surface area contributed by atoms with Gasteiger partial charge in [0.15, 0.2) is 5.69 Å². The molecular weight excluding hydrogens is 284 g/mol. The van der Waals surface area contributed by atoms with E-state index in [1.54, 1.807) is 12.1 Å². The van der Waals surface area contributed by atoms with E-state index in [1.165, 1.54) is 12.5 Å². The highest BCUT2D eigenvalue weighted by Crippen LogP contribution is 2.19. The van der Waals surface area contributed by atoms with Gasteiger partial charge >= 0.3 is 0 Å². The van der Waals surface area contributed by atoms with E-state index in [2.05, 4.69) is 10.3 Å². The van der Waals surface area contributed by atoms with Crippen molar-refractivity contribution in [2.45, 2.75) is 6.04 Å². The number of nitrogens with zero attached hydrogens (tertiary/aromatic N) is 1. The van der Waals surface area contributed by atoms with Crippen molar-refractivity contribution < 1.29 is 18.7 Å². The summed E-state index contributed by atoms with van der Waals surface area (Å²) in [6.45, 7) is -0.275. The number of furan rings is 1. The van der Waals surface area contributed by atoms with Gasteiger partial charge in [-0.15, -0.1) is 0 Å². The molecule has 0 saturated carbocycles. The molecule has 1 amide bonds. The van der Waals surface area contributed by atoms with E-state index in [0.717, 1.165) is 5.56 Å². The summed E-state index contributed by atoms with van der Waals surface area (Å²) in [5, 5.41) is 12.0. The van der Waals surface area contributed by atoms with Crippen molar-refractivity contribution in [2.75, 3.05) is 6.61 Å².